The third-order valence-electron chi connectivity index (χ3n) is 4.96. The number of hydrogen-bond acceptors (Lipinski definition) is 3. The molecular weight excluding hydrogens is 308 g/mol. The van der Waals surface area contributed by atoms with Crippen LogP contribution in [0, 0.1) is 11.8 Å². The number of carboxylic acid groups (broad SMARTS) is 1. The molecular formula is C18H22N2O4. The fourth-order valence-electron chi connectivity index (χ4n) is 3.63. The quantitative estimate of drug-likeness (QED) is 0.854. The summed E-state index contributed by atoms with van der Waals surface area (Å²) in [5.41, 5.74) is 1.04. The number of carbonyl (C=O) groups is 3. The van der Waals surface area contributed by atoms with Crippen LogP contribution in [0.5, 0.6) is 0 Å². The molecule has 1 saturated heterocycles. The minimum atomic E-state index is -0.856. The van der Waals surface area contributed by atoms with Gasteiger partial charge >= 0.3 is 5.97 Å². The lowest BCUT2D eigenvalue weighted by molar-refractivity contribution is -0.142. The summed E-state index contributed by atoms with van der Waals surface area (Å²) in [6, 6.07) is 9.37. The highest BCUT2D eigenvalue weighted by molar-refractivity contribution is 5.89. The lowest BCUT2D eigenvalue weighted by Crippen LogP contribution is -2.43. The smallest absolute Gasteiger partial charge is 0.308 e. The van der Waals surface area contributed by atoms with E-state index in [1.165, 1.54) is 0 Å². The topological polar surface area (TPSA) is 86.7 Å². The van der Waals surface area contributed by atoms with Crippen molar-refractivity contribution in [3.05, 3.63) is 35.9 Å². The van der Waals surface area contributed by atoms with Crippen molar-refractivity contribution >= 4 is 17.8 Å². The van der Waals surface area contributed by atoms with E-state index in [9.17, 15) is 19.5 Å². The number of benzene rings is 1. The number of aliphatic carboxylic acids is 1. The zero-order valence-corrected chi connectivity index (χ0v) is 13.5. The number of carbonyl (C=O) groups excluding carboxylic acids is 2. The van der Waals surface area contributed by atoms with Crippen molar-refractivity contribution in [3.8, 4) is 0 Å². The lowest BCUT2D eigenvalue weighted by atomic mass is 10.0. The van der Waals surface area contributed by atoms with E-state index in [1.54, 1.807) is 4.90 Å². The first-order valence-electron chi connectivity index (χ1n) is 8.39. The fourth-order valence-corrected chi connectivity index (χ4v) is 3.63. The van der Waals surface area contributed by atoms with Crippen molar-refractivity contribution in [2.75, 3.05) is 6.54 Å². The Bertz CT molecular complexity index is 631. The maximum Gasteiger partial charge on any atom is 0.308 e. The molecule has 0 bridgehead atoms. The maximum absolute atomic E-state index is 12.4. The molecule has 1 aliphatic carbocycles. The average molecular weight is 330 g/mol. The number of rotatable bonds is 5. The van der Waals surface area contributed by atoms with Gasteiger partial charge in [0.2, 0.25) is 11.8 Å². The van der Waals surface area contributed by atoms with E-state index in [0.29, 0.717) is 25.9 Å². The molecule has 2 aliphatic rings. The Kier molecular flexibility index (Phi) is 4.83. The van der Waals surface area contributed by atoms with Crippen LogP contribution in [0.15, 0.2) is 30.3 Å². The summed E-state index contributed by atoms with van der Waals surface area (Å²) < 4.78 is 0. The summed E-state index contributed by atoms with van der Waals surface area (Å²) >= 11 is 0. The van der Waals surface area contributed by atoms with Crippen molar-refractivity contribution in [1.82, 2.24) is 10.2 Å². The van der Waals surface area contributed by atoms with Crippen molar-refractivity contribution in [1.29, 1.82) is 0 Å². The van der Waals surface area contributed by atoms with Crippen LogP contribution in [0.4, 0.5) is 0 Å². The first-order chi connectivity index (χ1) is 11.5. The minimum Gasteiger partial charge on any atom is -0.481 e. The molecule has 3 atom stereocenters. The van der Waals surface area contributed by atoms with E-state index < -0.39 is 17.8 Å². The Morgan fingerprint density at radius 1 is 1.21 bits per heavy atom. The number of nitrogens with zero attached hydrogens (tertiary/aromatic N) is 1. The molecule has 1 unspecified atom stereocenters. The van der Waals surface area contributed by atoms with Crippen LogP contribution in [0.2, 0.25) is 0 Å². The van der Waals surface area contributed by atoms with E-state index in [2.05, 4.69) is 5.32 Å². The van der Waals surface area contributed by atoms with Gasteiger partial charge in [-0.25, -0.2) is 0 Å². The summed E-state index contributed by atoms with van der Waals surface area (Å²) in [6.07, 6.45) is 2.30. The molecule has 6 nitrogen and oxygen atoms in total. The van der Waals surface area contributed by atoms with Crippen LogP contribution in [0.1, 0.15) is 31.2 Å². The second-order valence-electron chi connectivity index (χ2n) is 6.65. The van der Waals surface area contributed by atoms with Gasteiger partial charge in [-0.2, -0.15) is 0 Å². The number of carboxylic acids is 1. The zero-order chi connectivity index (χ0) is 17.1. The largest absolute Gasteiger partial charge is 0.481 e. The molecule has 2 fully saturated rings. The summed E-state index contributed by atoms with van der Waals surface area (Å²) in [4.78, 5) is 37.5. The zero-order valence-electron chi connectivity index (χ0n) is 13.5. The van der Waals surface area contributed by atoms with Gasteiger partial charge in [-0.05, 0) is 18.4 Å². The molecule has 2 N–H and O–H groups in total. The fraction of sp³-hybridized carbons (Fsp3) is 0.500. The monoisotopic (exact) mass is 330 g/mol. The van der Waals surface area contributed by atoms with Gasteiger partial charge in [-0.1, -0.05) is 36.8 Å². The lowest BCUT2D eigenvalue weighted by Gasteiger charge is -2.20. The molecule has 0 radical (unpaired) electrons. The Balaban J connectivity index is 1.57. The number of likely N-dealkylation sites (tertiary alicyclic amines) is 1. The van der Waals surface area contributed by atoms with Crippen molar-refractivity contribution < 1.29 is 19.5 Å². The molecule has 1 saturated carbocycles. The number of hydrogen-bond donors (Lipinski definition) is 2. The van der Waals surface area contributed by atoms with Gasteiger partial charge in [-0.15, -0.1) is 0 Å². The molecule has 1 aliphatic heterocycles. The van der Waals surface area contributed by atoms with Crippen LogP contribution < -0.4 is 5.32 Å². The van der Waals surface area contributed by atoms with Crippen molar-refractivity contribution in [2.45, 2.75) is 38.3 Å². The van der Waals surface area contributed by atoms with Gasteiger partial charge in [0, 0.05) is 25.6 Å². The molecule has 3 rings (SSSR count). The van der Waals surface area contributed by atoms with Crippen LogP contribution in [0.3, 0.4) is 0 Å². The van der Waals surface area contributed by atoms with E-state index in [4.69, 9.17) is 0 Å². The average Bonchev–Trinajstić information content (AvgIpc) is 3.16. The number of amides is 2. The third kappa shape index (κ3) is 3.58. The predicted molar refractivity (Wildman–Crippen MR) is 86.9 cm³/mol. The van der Waals surface area contributed by atoms with Gasteiger partial charge in [-0.3, -0.25) is 14.4 Å². The Hall–Kier alpha value is -2.37. The molecule has 2 amide bonds. The first kappa shape index (κ1) is 16.5. The predicted octanol–water partition coefficient (Wildman–Crippen LogP) is 1.40. The minimum absolute atomic E-state index is 0.0276. The summed E-state index contributed by atoms with van der Waals surface area (Å²) in [5.74, 6) is -1.98. The van der Waals surface area contributed by atoms with E-state index in [-0.39, 0.29) is 24.3 Å². The van der Waals surface area contributed by atoms with Gasteiger partial charge < -0.3 is 15.3 Å². The Morgan fingerprint density at radius 3 is 2.67 bits per heavy atom. The highest BCUT2D eigenvalue weighted by Gasteiger charge is 2.38. The molecule has 24 heavy (non-hydrogen) atoms. The van der Waals surface area contributed by atoms with Crippen LogP contribution in [0.25, 0.3) is 0 Å². The van der Waals surface area contributed by atoms with Crippen molar-refractivity contribution in [2.24, 2.45) is 11.8 Å². The summed E-state index contributed by atoms with van der Waals surface area (Å²) in [7, 11) is 0. The number of nitrogens with one attached hydrogen (secondary N) is 1. The summed E-state index contributed by atoms with van der Waals surface area (Å²) in [6.45, 7) is 0.897. The van der Waals surface area contributed by atoms with E-state index >= 15 is 0 Å². The summed E-state index contributed by atoms with van der Waals surface area (Å²) in [5, 5.41) is 12.1. The Labute approximate surface area is 140 Å². The maximum atomic E-state index is 12.4. The van der Waals surface area contributed by atoms with Gasteiger partial charge in [0.15, 0.2) is 0 Å². The van der Waals surface area contributed by atoms with Crippen LogP contribution in [-0.4, -0.2) is 40.4 Å². The molecule has 1 heterocycles. The second-order valence-corrected chi connectivity index (χ2v) is 6.65. The SMILES string of the molecule is O=C(N[C@H]1CCC[C@H]1C(=O)O)C1CC(=O)N(Cc2ccccc2)C1. The second kappa shape index (κ2) is 7.03. The van der Waals surface area contributed by atoms with E-state index in [1.807, 2.05) is 30.3 Å². The molecule has 1 aromatic carbocycles. The molecule has 0 aromatic heterocycles. The molecule has 6 heteroatoms. The normalized spacial score (nSPS) is 26.6. The van der Waals surface area contributed by atoms with Gasteiger partial charge in [0.25, 0.3) is 0 Å². The molecule has 0 spiro atoms. The van der Waals surface area contributed by atoms with E-state index in [0.717, 1.165) is 12.0 Å². The van der Waals surface area contributed by atoms with Gasteiger partial charge in [0.05, 0.1) is 11.8 Å². The first-order valence-corrected chi connectivity index (χ1v) is 8.39. The molecule has 128 valence electrons. The third-order valence-corrected chi connectivity index (χ3v) is 4.96. The highest BCUT2D eigenvalue weighted by atomic mass is 16.4. The molecule has 1 aromatic rings. The highest BCUT2D eigenvalue weighted by Crippen LogP contribution is 2.27. The standard InChI is InChI=1S/C18H22N2O4/c21-16-9-13(11-20(16)10-12-5-2-1-3-6-12)17(22)19-15-8-4-7-14(15)18(23)24/h1-3,5-6,13-15H,4,7-11H2,(H,19,22)(H,23,24)/t13?,14-,15+/m1/s1. The van der Waals surface area contributed by atoms with Crippen LogP contribution >= 0.6 is 0 Å². The Morgan fingerprint density at radius 2 is 1.96 bits per heavy atom. The van der Waals surface area contributed by atoms with Gasteiger partial charge in [0.1, 0.15) is 0 Å². The van der Waals surface area contributed by atoms with Crippen LogP contribution in [-0.2, 0) is 20.9 Å². The van der Waals surface area contributed by atoms with Crippen molar-refractivity contribution in [3.63, 3.8) is 0 Å².